The second kappa shape index (κ2) is 8.31. The molecule has 0 spiro atoms. The summed E-state index contributed by atoms with van der Waals surface area (Å²) in [6.07, 6.45) is 4.83. The van der Waals surface area contributed by atoms with Crippen LogP contribution in [0.25, 0.3) is 11.1 Å². The third-order valence-electron chi connectivity index (χ3n) is 7.03. The van der Waals surface area contributed by atoms with Gasteiger partial charge in [0.15, 0.2) is 0 Å². The van der Waals surface area contributed by atoms with Crippen LogP contribution >= 0.6 is 0 Å². The number of benzene rings is 2. The highest BCUT2D eigenvalue weighted by molar-refractivity contribution is 6.37. The van der Waals surface area contributed by atoms with Crippen molar-refractivity contribution >= 4 is 28.6 Å². The summed E-state index contributed by atoms with van der Waals surface area (Å²) in [5, 5.41) is 5.79. The molecule has 2 N–H and O–H groups in total. The number of hydrogen-bond donors (Lipinski definition) is 2. The standard InChI is InChI=1S/C26H29N3O2/c1-27-25(30)18-11-14-29(15-12-18)13-10-17-6-8-20-19(16-17)7-9-21(20)24-22-4-2-3-5-23(22)28-26(24)31/h2-6,8,16,18H,7,9-15H2,1H3,(H,27,30)(H,28,31). The fraction of sp³-hybridized carbons (Fsp3) is 0.385. The number of carbonyl (C=O) groups excluding carboxylic acids is 2. The van der Waals surface area contributed by atoms with E-state index >= 15 is 0 Å². The summed E-state index contributed by atoms with van der Waals surface area (Å²) < 4.78 is 0. The van der Waals surface area contributed by atoms with Crippen LogP contribution in [0.2, 0.25) is 0 Å². The number of allylic oxidation sites excluding steroid dienone is 1. The van der Waals surface area contributed by atoms with Gasteiger partial charge in [-0.15, -0.1) is 0 Å². The Morgan fingerprint density at radius 2 is 1.90 bits per heavy atom. The van der Waals surface area contributed by atoms with Crippen LogP contribution < -0.4 is 10.6 Å². The van der Waals surface area contributed by atoms with Crippen molar-refractivity contribution in [3.63, 3.8) is 0 Å². The van der Waals surface area contributed by atoms with E-state index in [0.29, 0.717) is 0 Å². The molecule has 1 fully saturated rings. The number of carbonyl (C=O) groups is 2. The number of para-hydroxylation sites is 1. The zero-order valence-electron chi connectivity index (χ0n) is 18.0. The van der Waals surface area contributed by atoms with Crippen LogP contribution in [0.5, 0.6) is 0 Å². The van der Waals surface area contributed by atoms with Gasteiger partial charge in [-0.1, -0.05) is 36.4 Å². The summed E-state index contributed by atoms with van der Waals surface area (Å²) >= 11 is 0. The van der Waals surface area contributed by atoms with E-state index in [1.807, 2.05) is 24.3 Å². The highest BCUT2D eigenvalue weighted by atomic mass is 16.2. The van der Waals surface area contributed by atoms with Gasteiger partial charge in [0.05, 0.1) is 5.57 Å². The first-order valence-corrected chi connectivity index (χ1v) is 11.3. The maximum absolute atomic E-state index is 12.7. The molecular formula is C26H29N3O2. The molecule has 0 atom stereocenters. The third kappa shape index (κ3) is 3.79. The average Bonchev–Trinajstić information content (AvgIpc) is 3.36. The molecule has 31 heavy (non-hydrogen) atoms. The number of rotatable bonds is 4. The lowest BCUT2D eigenvalue weighted by molar-refractivity contribution is -0.125. The van der Waals surface area contributed by atoms with Crippen molar-refractivity contribution in [1.29, 1.82) is 0 Å². The molecule has 2 amide bonds. The van der Waals surface area contributed by atoms with Gasteiger partial charge in [-0.25, -0.2) is 0 Å². The molecule has 0 saturated carbocycles. The van der Waals surface area contributed by atoms with Crippen molar-refractivity contribution in [2.75, 3.05) is 32.0 Å². The molecule has 160 valence electrons. The molecule has 2 aromatic rings. The number of fused-ring (bicyclic) bond motifs is 2. The molecule has 0 radical (unpaired) electrons. The molecule has 2 aromatic carbocycles. The van der Waals surface area contributed by atoms with E-state index in [-0.39, 0.29) is 17.7 Å². The van der Waals surface area contributed by atoms with Crippen molar-refractivity contribution in [2.45, 2.75) is 32.1 Å². The van der Waals surface area contributed by atoms with Crippen molar-refractivity contribution in [3.8, 4) is 0 Å². The molecule has 3 aliphatic rings. The second-order valence-corrected chi connectivity index (χ2v) is 8.82. The summed E-state index contributed by atoms with van der Waals surface area (Å²) in [6.45, 7) is 3.02. The van der Waals surface area contributed by atoms with E-state index in [4.69, 9.17) is 0 Å². The van der Waals surface area contributed by atoms with Crippen molar-refractivity contribution in [1.82, 2.24) is 10.2 Å². The zero-order chi connectivity index (χ0) is 21.4. The van der Waals surface area contributed by atoms with Crippen LogP contribution in [0.4, 0.5) is 5.69 Å². The molecule has 0 aromatic heterocycles. The summed E-state index contributed by atoms with van der Waals surface area (Å²) in [5.41, 5.74) is 7.92. The summed E-state index contributed by atoms with van der Waals surface area (Å²) in [7, 11) is 1.72. The minimum absolute atomic E-state index is 0.0216. The van der Waals surface area contributed by atoms with Crippen LogP contribution in [-0.4, -0.2) is 43.4 Å². The number of aryl methyl sites for hydroxylation is 1. The van der Waals surface area contributed by atoms with Gasteiger partial charge in [-0.2, -0.15) is 0 Å². The van der Waals surface area contributed by atoms with Crippen molar-refractivity contribution < 1.29 is 9.59 Å². The van der Waals surface area contributed by atoms with E-state index in [9.17, 15) is 9.59 Å². The van der Waals surface area contributed by atoms with Crippen LogP contribution in [0.1, 0.15) is 41.5 Å². The minimum atomic E-state index is 0.0216. The fourth-order valence-electron chi connectivity index (χ4n) is 5.28. The molecular weight excluding hydrogens is 386 g/mol. The van der Waals surface area contributed by atoms with Crippen LogP contribution in [0, 0.1) is 5.92 Å². The molecule has 1 saturated heterocycles. The number of likely N-dealkylation sites (tertiary alicyclic amines) is 1. The predicted octanol–water partition coefficient (Wildman–Crippen LogP) is 3.50. The van der Waals surface area contributed by atoms with Gasteiger partial charge in [0.2, 0.25) is 5.91 Å². The number of nitrogens with one attached hydrogen (secondary N) is 2. The van der Waals surface area contributed by atoms with E-state index < -0.39 is 0 Å². The van der Waals surface area contributed by atoms with Crippen LogP contribution in [-0.2, 0) is 22.4 Å². The van der Waals surface area contributed by atoms with E-state index in [0.717, 1.165) is 68.6 Å². The van der Waals surface area contributed by atoms with E-state index in [1.165, 1.54) is 22.3 Å². The topological polar surface area (TPSA) is 61.4 Å². The van der Waals surface area contributed by atoms with Gasteiger partial charge in [-0.3, -0.25) is 9.59 Å². The Morgan fingerprint density at radius 3 is 2.71 bits per heavy atom. The first-order chi connectivity index (χ1) is 15.1. The molecule has 5 nitrogen and oxygen atoms in total. The Labute approximate surface area is 183 Å². The lowest BCUT2D eigenvalue weighted by Gasteiger charge is -2.31. The van der Waals surface area contributed by atoms with Gasteiger partial charge in [0.1, 0.15) is 0 Å². The molecule has 5 rings (SSSR count). The number of hydrogen-bond acceptors (Lipinski definition) is 3. The van der Waals surface area contributed by atoms with Gasteiger partial charge < -0.3 is 15.5 Å². The van der Waals surface area contributed by atoms with Crippen molar-refractivity contribution in [2.24, 2.45) is 5.92 Å². The lowest BCUT2D eigenvalue weighted by atomic mass is 9.95. The number of anilines is 1. The molecule has 2 heterocycles. The van der Waals surface area contributed by atoms with Crippen LogP contribution in [0.3, 0.4) is 0 Å². The lowest BCUT2D eigenvalue weighted by Crippen LogP contribution is -2.40. The first-order valence-electron chi connectivity index (χ1n) is 11.3. The highest BCUT2D eigenvalue weighted by Gasteiger charge is 2.30. The summed E-state index contributed by atoms with van der Waals surface area (Å²) in [5.74, 6) is 0.376. The Balaban J connectivity index is 1.28. The Kier molecular flexibility index (Phi) is 5.36. The largest absolute Gasteiger partial charge is 0.359 e. The molecule has 0 unspecified atom stereocenters. The normalized spacial score (nSPS) is 21.0. The van der Waals surface area contributed by atoms with Gasteiger partial charge in [0, 0.05) is 30.8 Å². The quantitative estimate of drug-likeness (QED) is 0.752. The second-order valence-electron chi connectivity index (χ2n) is 8.82. The van der Waals surface area contributed by atoms with Crippen LogP contribution in [0.15, 0.2) is 42.5 Å². The maximum atomic E-state index is 12.7. The molecule has 2 aliphatic heterocycles. The zero-order valence-corrected chi connectivity index (χ0v) is 18.0. The minimum Gasteiger partial charge on any atom is -0.359 e. The number of amides is 2. The van der Waals surface area contributed by atoms with E-state index in [2.05, 4.69) is 33.7 Å². The van der Waals surface area contributed by atoms with Gasteiger partial charge in [-0.05, 0) is 73.5 Å². The SMILES string of the molecule is CNC(=O)C1CCN(CCc2ccc3c(c2)CCC3=C2C(=O)Nc3ccccc32)CC1. The monoisotopic (exact) mass is 415 g/mol. The average molecular weight is 416 g/mol. The highest BCUT2D eigenvalue weighted by Crippen LogP contribution is 2.43. The number of piperidine rings is 1. The van der Waals surface area contributed by atoms with Gasteiger partial charge >= 0.3 is 0 Å². The smallest absolute Gasteiger partial charge is 0.256 e. The Morgan fingerprint density at radius 1 is 1.10 bits per heavy atom. The van der Waals surface area contributed by atoms with Gasteiger partial charge in [0.25, 0.3) is 5.91 Å². The molecule has 5 heteroatoms. The maximum Gasteiger partial charge on any atom is 0.256 e. The fourth-order valence-corrected chi connectivity index (χ4v) is 5.28. The van der Waals surface area contributed by atoms with E-state index in [1.54, 1.807) is 7.05 Å². The third-order valence-corrected chi connectivity index (χ3v) is 7.03. The summed E-state index contributed by atoms with van der Waals surface area (Å²) in [6, 6.07) is 14.7. The van der Waals surface area contributed by atoms with Crippen molar-refractivity contribution in [3.05, 3.63) is 64.7 Å². The Bertz CT molecular complexity index is 1060. The number of nitrogens with zero attached hydrogens (tertiary/aromatic N) is 1. The predicted molar refractivity (Wildman–Crippen MR) is 124 cm³/mol. The molecule has 1 aliphatic carbocycles. The first kappa shape index (κ1) is 20.0. The Hall–Kier alpha value is -2.92. The summed E-state index contributed by atoms with van der Waals surface area (Å²) in [4.78, 5) is 26.9. The molecule has 0 bridgehead atoms.